The second-order valence-corrected chi connectivity index (χ2v) is 12.5. The van der Waals surface area contributed by atoms with E-state index in [2.05, 4.69) is 10.6 Å². The number of nitrogens with one attached hydrogen (secondary N) is 2. The van der Waals surface area contributed by atoms with Crippen LogP contribution in [0.1, 0.15) is 62.1 Å². The molecule has 16 heteroatoms. The fraction of sp³-hybridized carbons (Fsp3) is 0. The van der Waals surface area contributed by atoms with Gasteiger partial charge in [-0.3, -0.25) is 49.0 Å². The highest BCUT2D eigenvalue weighted by Gasteiger charge is 2.40. The number of fused-ring (bicyclic) bond motifs is 3. The number of hydrogen-bond acceptors (Lipinski definition) is 10. The fourth-order valence-corrected chi connectivity index (χ4v) is 6.73. The second kappa shape index (κ2) is 13.2. The Hall–Kier alpha value is -8.40. The largest absolute Gasteiger partial charge is 0.316 e. The van der Waals surface area contributed by atoms with Crippen LogP contribution in [0.4, 0.5) is 34.1 Å². The lowest BCUT2D eigenvalue weighted by atomic mass is 10.0. The molecule has 0 aromatic heterocycles. The monoisotopic (exact) mass is 746 g/mol. The average molecular weight is 747 g/mol. The molecule has 6 aromatic carbocycles. The Morgan fingerprint density at radius 1 is 0.464 bits per heavy atom. The standard InChI is InChI=1S/C40H22N6O10/c47-35(41-29-9-1-3-11-33(29)45(53)54)21-15-17-25-27(19-21)39(51)43(37(25)49)31-13-5-8-24-23(31)7-6-14-32(24)44-38(50)26-18-16-22(20-28(26)40(44)52)36(48)42-30-10-2-4-12-34(30)46(55)56/h1-20H,(H,41,47)(H,42,48). The third kappa shape index (κ3) is 5.57. The predicted octanol–water partition coefficient (Wildman–Crippen LogP) is 6.76. The van der Waals surface area contributed by atoms with Crippen molar-refractivity contribution in [2.75, 3.05) is 20.4 Å². The molecule has 0 unspecified atom stereocenters. The summed E-state index contributed by atoms with van der Waals surface area (Å²) >= 11 is 0. The van der Waals surface area contributed by atoms with Gasteiger partial charge in [0.15, 0.2) is 0 Å². The topological polar surface area (TPSA) is 219 Å². The van der Waals surface area contributed by atoms with E-state index in [1.807, 2.05) is 0 Å². The Labute approximate surface area is 313 Å². The van der Waals surface area contributed by atoms with Gasteiger partial charge in [0.2, 0.25) is 0 Å². The molecule has 8 rings (SSSR count). The minimum Gasteiger partial charge on any atom is -0.316 e. The summed E-state index contributed by atoms with van der Waals surface area (Å²) in [5, 5.41) is 28.5. The third-order valence-electron chi connectivity index (χ3n) is 9.35. The molecule has 0 aliphatic carbocycles. The van der Waals surface area contributed by atoms with Crippen molar-refractivity contribution in [1.29, 1.82) is 0 Å². The lowest BCUT2D eigenvalue weighted by molar-refractivity contribution is -0.384. The molecule has 6 amide bonds. The minimum atomic E-state index is -0.754. The first-order chi connectivity index (χ1) is 26.9. The molecule has 2 N–H and O–H groups in total. The van der Waals surface area contributed by atoms with Crippen LogP contribution in [0.3, 0.4) is 0 Å². The van der Waals surface area contributed by atoms with Gasteiger partial charge in [0.1, 0.15) is 11.4 Å². The van der Waals surface area contributed by atoms with Crippen LogP contribution in [0.2, 0.25) is 0 Å². The van der Waals surface area contributed by atoms with Crippen LogP contribution in [0.5, 0.6) is 0 Å². The number of rotatable bonds is 8. The Morgan fingerprint density at radius 3 is 1.23 bits per heavy atom. The molecule has 16 nitrogen and oxygen atoms in total. The van der Waals surface area contributed by atoms with E-state index in [4.69, 9.17) is 0 Å². The molecular weight excluding hydrogens is 724 g/mol. The van der Waals surface area contributed by atoms with Crippen molar-refractivity contribution in [3.8, 4) is 0 Å². The number of nitro benzene ring substituents is 2. The summed E-state index contributed by atoms with van der Waals surface area (Å²) in [4.78, 5) is 105. The van der Waals surface area contributed by atoms with Crippen molar-refractivity contribution in [2.45, 2.75) is 0 Å². The zero-order valence-corrected chi connectivity index (χ0v) is 28.4. The second-order valence-electron chi connectivity index (χ2n) is 12.5. The summed E-state index contributed by atoms with van der Waals surface area (Å²) in [6, 6.07) is 28.1. The first-order valence-electron chi connectivity index (χ1n) is 16.6. The van der Waals surface area contributed by atoms with E-state index in [-0.39, 0.29) is 67.5 Å². The molecule has 0 atom stereocenters. The van der Waals surface area contributed by atoms with E-state index in [9.17, 15) is 49.0 Å². The number of nitro groups is 2. The molecule has 272 valence electrons. The van der Waals surface area contributed by atoms with Crippen molar-refractivity contribution in [3.63, 3.8) is 0 Å². The van der Waals surface area contributed by atoms with Gasteiger partial charge in [0, 0.05) is 34.0 Å². The highest BCUT2D eigenvalue weighted by atomic mass is 16.6. The van der Waals surface area contributed by atoms with Crippen molar-refractivity contribution in [2.24, 2.45) is 0 Å². The summed E-state index contributed by atoms with van der Waals surface area (Å²) in [6.07, 6.45) is 0. The van der Waals surface area contributed by atoms with Gasteiger partial charge in [0.05, 0.1) is 43.5 Å². The van der Waals surface area contributed by atoms with Crippen LogP contribution in [-0.2, 0) is 0 Å². The maximum Gasteiger partial charge on any atom is 0.292 e. The number of para-hydroxylation sites is 4. The smallest absolute Gasteiger partial charge is 0.292 e. The van der Waals surface area contributed by atoms with E-state index < -0.39 is 45.3 Å². The highest BCUT2D eigenvalue weighted by Crippen LogP contribution is 2.40. The summed E-state index contributed by atoms with van der Waals surface area (Å²) < 4.78 is 0. The molecule has 0 saturated heterocycles. The van der Waals surface area contributed by atoms with Crippen LogP contribution in [0.25, 0.3) is 10.8 Å². The fourth-order valence-electron chi connectivity index (χ4n) is 6.73. The summed E-state index contributed by atoms with van der Waals surface area (Å²) in [7, 11) is 0. The molecule has 0 bridgehead atoms. The molecule has 6 aromatic rings. The van der Waals surface area contributed by atoms with Crippen molar-refractivity contribution in [1.82, 2.24) is 0 Å². The van der Waals surface area contributed by atoms with Gasteiger partial charge >= 0.3 is 0 Å². The van der Waals surface area contributed by atoms with Gasteiger partial charge in [-0.1, -0.05) is 48.5 Å². The highest BCUT2D eigenvalue weighted by molar-refractivity contribution is 6.38. The SMILES string of the molecule is O=C(Nc1ccccc1[N+](=O)[O-])c1ccc2c(c1)C(=O)N(c1cccc3c(N4C(=O)c5ccc(C(=O)Nc6ccccc6[N+](=O)[O-])cc5C4=O)cccc13)C2=O. The quantitative estimate of drug-likeness (QED) is 0.0946. The Kier molecular flexibility index (Phi) is 8.19. The van der Waals surface area contributed by atoms with E-state index >= 15 is 0 Å². The Morgan fingerprint density at radius 2 is 0.839 bits per heavy atom. The van der Waals surface area contributed by atoms with Gasteiger partial charge in [-0.15, -0.1) is 0 Å². The summed E-state index contributed by atoms with van der Waals surface area (Å²) in [5.41, 5.74) is -0.725. The van der Waals surface area contributed by atoms with E-state index in [0.29, 0.717) is 10.8 Å². The molecule has 2 aliphatic heterocycles. The summed E-state index contributed by atoms with van der Waals surface area (Å²) in [6.45, 7) is 0. The van der Waals surface area contributed by atoms with Crippen LogP contribution in [0.15, 0.2) is 121 Å². The number of amides is 6. The zero-order chi connectivity index (χ0) is 39.4. The molecule has 2 aliphatic rings. The van der Waals surface area contributed by atoms with Crippen LogP contribution in [-0.4, -0.2) is 45.3 Å². The van der Waals surface area contributed by atoms with Gasteiger partial charge in [0.25, 0.3) is 46.8 Å². The molecule has 0 fully saturated rings. The van der Waals surface area contributed by atoms with Crippen LogP contribution < -0.4 is 20.4 Å². The van der Waals surface area contributed by atoms with Crippen molar-refractivity contribution < 1.29 is 38.6 Å². The third-order valence-corrected chi connectivity index (χ3v) is 9.35. The first-order valence-corrected chi connectivity index (χ1v) is 16.6. The predicted molar refractivity (Wildman–Crippen MR) is 201 cm³/mol. The molecule has 2 heterocycles. The van der Waals surface area contributed by atoms with Crippen molar-refractivity contribution in [3.05, 3.63) is 175 Å². The van der Waals surface area contributed by atoms with Crippen LogP contribution in [0, 0.1) is 20.2 Å². The Balaban J connectivity index is 1.09. The van der Waals surface area contributed by atoms with Gasteiger partial charge in [-0.2, -0.15) is 0 Å². The van der Waals surface area contributed by atoms with E-state index in [1.165, 1.54) is 97.1 Å². The maximum atomic E-state index is 13.9. The van der Waals surface area contributed by atoms with Gasteiger partial charge < -0.3 is 10.6 Å². The normalized spacial score (nSPS) is 13.1. The average Bonchev–Trinajstić information content (AvgIpc) is 3.60. The van der Waals surface area contributed by atoms with Gasteiger partial charge in [-0.25, -0.2) is 9.80 Å². The molecule has 56 heavy (non-hydrogen) atoms. The maximum absolute atomic E-state index is 13.9. The van der Waals surface area contributed by atoms with E-state index in [1.54, 1.807) is 24.3 Å². The number of imide groups is 2. The first kappa shape index (κ1) is 34.7. The number of benzene rings is 6. The Bertz CT molecular complexity index is 2630. The number of hydrogen-bond donors (Lipinski definition) is 2. The van der Waals surface area contributed by atoms with E-state index in [0.717, 1.165) is 9.80 Å². The number of anilines is 4. The van der Waals surface area contributed by atoms with Gasteiger partial charge in [-0.05, 0) is 60.7 Å². The lowest BCUT2D eigenvalue weighted by Crippen LogP contribution is -2.30. The lowest BCUT2D eigenvalue weighted by Gasteiger charge is -2.20. The number of carbonyl (C=O) groups is 6. The summed E-state index contributed by atoms with van der Waals surface area (Å²) in [5.74, 6) is -4.39. The molecule has 0 spiro atoms. The molecular formula is C40H22N6O10. The molecule has 0 radical (unpaired) electrons. The number of carbonyl (C=O) groups excluding carboxylic acids is 6. The van der Waals surface area contributed by atoms with Crippen molar-refractivity contribution >= 4 is 80.3 Å². The zero-order valence-electron chi connectivity index (χ0n) is 28.4. The number of nitrogens with zero attached hydrogens (tertiary/aromatic N) is 4. The molecule has 0 saturated carbocycles. The van der Waals surface area contributed by atoms with Crippen LogP contribution >= 0.6 is 0 Å². The minimum absolute atomic E-state index is 0.00691.